The lowest BCUT2D eigenvalue weighted by atomic mass is 10.0. The molecule has 2 aromatic carbocycles. The van der Waals surface area contributed by atoms with Gasteiger partial charge in [-0.25, -0.2) is 0 Å². The molecule has 0 aliphatic heterocycles. The molecular formula is C17H18F3NO2. The van der Waals surface area contributed by atoms with Gasteiger partial charge in [-0.1, -0.05) is 60.7 Å². The Bertz CT molecular complexity index is 590. The van der Waals surface area contributed by atoms with Crippen LogP contribution in [0.1, 0.15) is 23.2 Å². The Morgan fingerprint density at radius 3 is 1.87 bits per heavy atom. The second kappa shape index (κ2) is 7.59. The van der Waals surface area contributed by atoms with Gasteiger partial charge in [0.1, 0.15) is 0 Å². The van der Waals surface area contributed by atoms with Crippen molar-refractivity contribution in [3.63, 3.8) is 0 Å². The van der Waals surface area contributed by atoms with E-state index in [9.17, 15) is 18.4 Å². The zero-order valence-electron chi connectivity index (χ0n) is 12.6. The molecule has 0 amide bonds. The molecule has 2 atom stereocenters. The van der Waals surface area contributed by atoms with Crippen molar-refractivity contribution in [3.8, 4) is 0 Å². The van der Waals surface area contributed by atoms with Crippen molar-refractivity contribution >= 4 is 0 Å². The summed E-state index contributed by atoms with van der Waals surface area (Å²) >= 11 is 0. The van der Waals surface area contributed by atoms with Gasteiger partial charge in [-0.05, 0) is 11.1 Å². The maximum atomic E-state index is 13.5. The summed E-state index contributed by atoms with van der Waals surface area (Å²) in [6, 6.07) is 12.7. The van der Waals surface area contributed by atoms with Gasteiger partial charge in [-0.3, -0.25) is 0 Å². The van der Waals surface area contributed by atoms with Gasteiger partial charge in [-0.15, -0.1) is 0 Å². The first-order chi connectivity index (χ1) is 10.9. The summed E-state index contributed by atoms with van der Waals surface area (Å²) in [5.74, 6) is 0. The highest BCUT2D eigenvalue weighted by atomic mass is 19.4. The minimum atomic E-state index is -4.63. The molecular weight excluding hydrogens is 307 g/mol. The van der Waals surface area contributed by atoms with E-state index in [0.717, 1.165) is 0 Å². The van der Waals surface area contributed by atoms with Crippen LogP contribution in [0.5, 0.6) is 0 Å². The minimum absolute atomic E-state index is 0.0282. The fourth-order valence-electron chi connectivity index (χ4n) is 2.47. The second-order valence-corrected chi connectivity index (χ2v) is 5.12. The first kappa shape index (κ1) is 17.5. The molecule has 3 nitrogen and oxygen atoms in total. The number of rotatable bonds is 6. The molecule has 2 aromatic rings. The molecule has 0 radical (unpaired) electrons. The normalized spacial score (nSPS) is 14.7. The largest absolute Gasteiger partial charge is 0.410 e. The molecule has 1 N–H and O–H groups in total. The van der Waals surface area contributed by atoms with E-state index in [4.69, 9.17) is 4.74 Å². The Morgan fingerprint density at radius 2 is 1.43 bits per heavy atom. The summed E-state index contributed by atoms with van der Waals surface area (Å²) in [6.45, 7) is -0.0695. The van der Waals surface area contributed by atoms with Crippen LogP contribution in [0.2, 0.25) is 0 Å². The first-order valence-corrected chi connectivity index (χ1v) is 7.08. The maximum Gasteiger partial charge on any atom is 0.410 e. The topological polar surface area (TPSA) is 32.7 Å². The fourth-order valence-corrected chi connectivity index (χ4v) is 2.47. The van der Waals surface area contributed by atoms with E-state index in [1.165, 1.54) is 31.4 Å². The van der Waals surface area contributed by atoms with Crippen LogP contribution in [-0.4, -0.2) is 30.2 Å². The number of halogens is 3. The molecule has 124 valence electrons. The van der Waals surface area contributed by atoms with Gasteiger partial charge < -0.3 is 9.94 Å². The van der Waals surface area contributed by atoms with Gasteiger partial charge in [0.15, 0.2) is 6.04 Å². The second-order valence-electron chi connectivity index (χ2n) is 5.12. The number of alkyl halides is 3. The van der Waals surface area contributed by atoms with Crippen molar-refractivity contribution in [1.82, 2.24) is 5.06 Å². The number of nitrogens with zero attached hydrogens (tertiary/aromatic N) is 1. The fraction of sp³-hybridized carbons (Fsp3) is 0.294. The van der Waals surface area contributed by atoms with Crippen molar-refractivity contribution in [2.75, 3.05) is 13.7 Å². The molecule has 0 bridgehead atoms. The summed E-state index contributed by atoms with van der Waals surface area (Å²) in [7, 11) is 1.38. The predicted molar refractivity (Wildman–Crippen MR) is 79.9 cm³/mol. The summed E-state index contributed by atoms with van der Waals surface area (Å²) in [4.78, 5) is 0. The van der Waals surface area contributed by atoms with Crippen LogP contribution in [0.15, 0.2) is 60.7 Å². The summed E-state index contributed by atoms with van der Waals surface area (Å²) < 4.78 is 45.6. The van der Waals surface area contributed by atoms with Crippen LogP contribution in [0.3, 0.4) is 0 Å². The highest BCUT2D eigenvalue weighted by Crippen LogP contribution is 2.40. The molecule has 2 rings (SSSR count). The Kier molecular flexibility index (Phi) is 5.76. The highest BCUT2D eigenvalue weighted by molar-refractivity contribution is 5.23. The van der Waals surface area contributed by atoms with E-state index in [2.05, 4.69) is 0 Å². The first-order valence-electron chi connectivity index (χ1n) is 7.08. The van der Waals surface area contributed by atoms with Gasteiger partial charge in [-0.2, -0.15) is 18.2 Å². The Morgan fingerprint density at radius 1 is 0.957 bits per heavy atom. The Balaban J connectivity index is 2.40. The lowest BCUT2D eigenvalue weighted by molar-refractivity contribution is -0.275. The van der Waals surface area contributed by atoms with Gasteiger partial charge >= 0.3 is 6.18 Å². The van der Waals surface area contributed by atoms with Gasteiger partial charge in [0, 0.05) is 7.11 Å². The van der Waals surface area contributed by atoms with Crippen molar-refractivity contribution in [3.05, 3.63) is 71.8 Å². The molecule has 1 unspecified atom stereocenters. The molecule has 0 aliphatic rings. The van der Waals surface area contributed by atoms with Gasteiger partial charge in [0.25, 0.3) is 0 Å². The number of hydroxylamine groups is 2. The lowest BCUT2D eigenvalue weighted by Gasteiger charge is -2.34. The number of hydrogen-bond donors (Lipinski definition) is 1. The van der Waals surface area contributed by atoms with E-state index in [-0.39, 0.29) is 12.2 Å². The molecule has 0 spiro atoms. The summed E-state index contributed by atoms with van der Waals surface area (Å²) in [5, 5.41) is 10.7. The van der Waals surface area contributed by atoms with E-state index in [1.54, 1.807) is 36.4 Å². The van der Waals surface area contributed by atoms with E-state index >= 15 is 0 Å². The van der Waals surface area contributed by atoms with Crippen molar-refractivity contribution in [1.29, 1.82) is 0 Å². The molecule has 0 saturated carbocycles. The maximum absolute atomic E-state index is 13.5. The van der Waals surface area contributed by atoms with Crippen LogP contribution in [-0.2, 0) is 4.74 Å². The monoisotopic (exact) mass is 325 g/mol. The third-order valence-corrected chi connectivity index (χ3v) is 3.52. The van der Waals surface area contributed by atoms with E-state index in [0.29, 0.717) is 10.6 Å². The average molecular weight is 325 g/mol. The zero-order chi connectivity index (χ0) is 16.9. The van der Waals surface area contributed by atoms with Gasteiger partial charge in [0.2, 0.25) is 0 Å². The quantitative estimate of drug-likeness (QED) is 0.801. The highest BCUT2D eigenvalue weighted by Gasteiger charge is 2.47. The third-order valence-electron chi connectivity index (χ3n) is 3.52. The molecule has 0 saturated heterocycles. The van der Waals surface area contributed by atoms with Crippen LogP contribution in [0, 0.1) is 0 Å². The Labute approximate surface area is 132 Å². The SMILES string of the molecule is COC[C@@H](c1ccccc1)N(O)C(c1ccccc1)C(F)(F)F. The van der Waals surface area contributed by atoms with Crippen LogP contribution in [0.25, 0.3) is 0 Å². The molecule has 6 heteroatoms. The smallest absolute Gasteiger partial charge is 0.383 e. The van der Waals surface area contributed by atoms with E-state index in [1.807, 2.05) is 0 Å². The number of hydrogen-bond acceptors (Lipinski definition) is 3. The molecule has 0 aliphatic carbocycles. The number of methoxy groups -OCH3 is 1. The van der Waals surface area contributed by atoms with Crippen molar-refractivity contribution < 1.29 is 23.1 Å². The predicted octanol–water partition coefficient (Wildman–Crippen LogP) is 4.37. The zero-order valence-corrected chi connectivity index (χ0v) is 12.6. The standard InChI is InChI=1S/C17H18F3NO2/c1-23-12-15(13-8-4-2-5-9-13)21(22)16(17(18,19)20)14-10-6-3-7-11-14/h2-11,15-16,22H,12H2,1H3/t15-,16?/m0/s1. The molecule has 0 fully saturated rings. The summed E-state index contributed by atoms with van der Waals surface area (Å²) in [5.41, 5.74) is 0.515. The van der Waals surface area contributed by atoms with Crippen molar-refractivity contribution in [2.24, 2.45) is 0 Å². The van der Waals surface area contributed by atoms with Crippen LogP contribution >= 0.6 is 0 Å². The lowest BCUT2D eigenvalue weighted by Crippen LogP contribution is -2.40. The summed E-state index contributed by atoms with van der Waals surface area (Å²) in [6.07, 6.45) is -4.63. The Hall–Kier alpha value is -1.89. The average Bonchev–Trinajstić information content (AvgIpc) is 2.53. The third kappa shape index (κ3) is 4.31. The molecule has 0 heterocycles. The number of benzene rings is 2. The van der Waals surface area contributed by atoms with Gasteiger partial charge in [0.05, 0.1) is 12.6 Å². The number of ether oxygens (including phenoxy) is 1. The van der Waals surface area contributed by atoms with E-state index < -0.39 is 18.3 Å². The minimum Gasteiger partial charge on any atom is -0.383 e. The molecule has 0 aromatic heterocycles. The van der Waals surface area contributed by atoms with Crippen molar-refractivity contribution in [2.45, 2.75) is 18.3 Å². The van der Waals surface area contributed by atoms with Crippen LogP contribution < -0.4 is 0 Å². The molecule has 23 heavy (non-hydrogen) atoms. The van der Waals surface area contributed by atoms with Crippen LogP contribution in [0.4, 0.5) is 13.2 Å².